The van der Waals surface area contributed by atoms with E-state index in [4.69, 9.17) is 11.6 Å². The van der Waals surface area contributed by atoms with Gasteiger partial charge in [0.25, 0.3) is 0 Å². The second-order valence-corrected chi connectivity index (χ2v) is 6.16. The van der Waals surface area contributed by atoms with Crippen LogP contribution in [0.15, 0.2) is 24.3 Å². The molecule has 2 nitrogen and oxygen atoms in total. The zero-order chi connectivity index (χ0) is 13.2. The Bertz CT molecular complexity index is 388. The van der Waals surface area contributed by atoms with Crippen molar-refractivity contribution in [1.29, 1.82) is 0 Å². The molecule has 2 N–H and O–H groups in total. The number of hydrogen-bond donors (Lipinski definition) is 2. The first-order chi connectivity index (χ1) is 8.53. The standard InChI is InChI=1S/C15H22ClNO/c1-11(9-12-3-7-14(16)8-4-12)17-15(2,10-18)13-5-6-13/h3-4,7-8,11,13,17-18H,5-6,9-10H2,1-2H3. The largest absolute Gasteiger partial charge is 0.394 e. The van der Waals surface area contributed by atoms with Gasteiger partial charge in [-0.3, -0.25) is 0 Å². The fourth-order valence-corrected chi connectivity index (χ4v) is 2.73. The van der Waals surface area contributed by atoms with E-state index in [1.54, 1.807) is 0 Å². The molecular weight excluding hydrogens is 246 g/mol. The summed E-state index contributed by atoms with van der Waals surface area (Å²) in [5.41, 5.74) is 1.15. The summed E-state index contributed by atoms with van der Waals surface area (Å²) in [5, 5.41) is 13.9. The van der Waals surface area contributed by atoms with Crippen molar-refractivity contribution in [2.75, 3.05) is 6.61 Å². The van der Waals surface area contributed by atoms with E-state index in [0.717, 1.165) is 11.4 Å². The van der Waals surface area contributed by atoms with Crippen LogP contribution in [0.3, 0.4) is 0 Å². The van der Waals surface area contributed by atoms with Crippen LogP contribution in [0.5, 0.6) is 0 Å². The monoisotopic (exact) mass is 267 g/mol. The molecule has 1 aromatic rings. The quantitative estimate of drug-likeness (QED) is 0.830. The Morgan fingerprint density at radius 1 is 1.39 bits per heavy atom. The molecule has 0 aromatic heterocycles. The van der Waals surface area contributed by atoms with Gasteiger partial charge in [0, 0.05) is 16.6 Å². The van der Waals surface area contributed by atoms with Crippen LogP contribution in [0.4, 0.5) is 0 Å². The van der Waals surface area contributed by atoms with Crippen LogP contribution in [-0.4, -0.2) is 23.3 Å². The molecule has 0 aliphatic heterocycles. The van der Waals surface area contributed by atoms with Crippen molar-refractivity contribution in [3.63, 3.8) is 0 Å². The number of rotatable bonds is 6. The first kappa shape index (κ1) is 13.9. The maximum atomic E-state index is 9.57. The highest BCUT2D eigenvalue weighted by Gasteiger charge is 2.41. The number of benzene rings is 1. The summed E-state index contributed by atoms with van der Waals surface area (Å²) in [7, 11) is 0. The molecule has 0 radical (unpaired) electrons. The minimum Gasteiger partial charge on any atom is -0.394 e. The lowest BCUT2D eigenvalue weighted by atomic mass is 9.94. The first-order valence-corrected chi connectivity index (χ1v) is 7.04. The first-order valence-electron chi connectivity index (χ1n) is 6.66. The Morgan fingerprint density at radius 3 is 2.50 bits per heavy atom. The maximum Gasteiger partial charge on any atom is 0.0613 e. The molecule has 2 rings (SSSR count). The third kappa shape index (κ3) is 3.47. The van der Waals surface area contributed by atoms with E-state index in [-0.39, 0.29) is 12.1 Å². The summed E-state index contributed by atoms with van der Waals surface area (Å²) >= 11 is 5.88. The predicted molar refractivity (Wildman–Crippen MR) is 76.0 cm³/mol. The fraction of sp³-hybridized carbons (Fsp3) is 0.600. The molecule has 0 bridgehead atoms. The van der Waals surface area contributed by atoms with Gasteiger partial charge in [0.05, 0.1) is 6.61 Å². The van der Waals surface area contributed by atoms with Gasteiger partial charge in [-0.05, 0) is 56.7 Å². The summed E-state index contributed by atoms with van der Waals surface area (Å²) in [6.45, 7) is 4.51. The molecule has 0 amide bonds. The lowest BCUT2D eigenvalue weighted by molar-refractivity contribution is 0.143. The van der Waals surface area contributed by atoms with Gasteiger partial charge in [0.2, 0.25) is 0 Å². The zero-order valence-corrected chi connectivity index (χ0v) is 11.9. The number of hydrogen-bond acceptors (Lipinski definition) is 2. The second kappa shape index (κ2) is 5.60. The van der Waals surface area contributed by atoms with Gasteiger partial charge < -0.3 is 10.4 Å². The predicted octanol–water partition coefficient (Wildman–Crippen LogP) is 3.02. The third-order valence-corrected chi connectivity index (χ3v) is 4.09. The lowest BCUT2D eigenvalue weighted by Gasteiger charge is -2.32. The highest BCUT2D eigenvalue weighted by Crippen LogP contribution is 2.39. The summed E-state index contributed by atoms with van der Waals surface area (Å²) in [6.07, 6.45) is 3.43. The summed E-state index contributed by atoms with van der Waals surface area (Å²) in [6, 6.07) is 8.33. The van der Waals surface area contributed by atoms with Crippen molar-refractivity contribution in [2.45, 2.75) is 44.7 Å². The average molecular weight is 268 g/mol. The highest BCUT2D eigenvalue weighted by atomic mass is 35.5. The number of halogens is 1. The molecule has 1 saturated carbocycles. The number of aliphatic hydroxyl groups is 1. The fourth-order valence-electron chi connectivity index (χ4n) is 2.60. The molecule has 2 atom stereocenters. The van der Waals surface area contributed by atoms with Crippen LogP contribution in [0.25, 0.3) is 0 Å². The molecule has 100 valence electrons. The van der Waals surface area contributed by atoms with Crippen molar-refractivity contribution in [1.82, 2.24) is 5.32 Å². The molecule has 0 saturated heterocycles. The van der Waals surface area contributed by atoms with Gasteiger partial charge in [0.1, 0.15) is 0 Å². The Kier molecular flexibility index (Phi) is 4.31. The zero-order valence-electron chi connectivity index (χ0n) is 11.1. The molecule has 0 spiro atoms. The lowest BCUT2D eigenvalue weighted by Crippen LogP contribution is -2.52. The molecular formula is C15H22ClNO. The maximum absolute atomic E-state index is 9.57. The molecule has 18 heavy (non-hydrogen) atoms. The smallest absolute Gasteiger partial charge is 0.0613 e. The minimum absolute atomic E-state index is 0.119. The van der Waals surface area contributed by atoms with Crippen LogP contribution >= 0.6 is 11.6 Å². The van der Waals surface area contributed by atoms with Gasteiger partial charge >= 0.3 is 0 Å². The van der Waals surface area contributed by atoms with Crippen LogP contribution in [-0.2, 0) is 6.42 Å². The van der Waals surface area contributed by atoms with Crippen molar-refractivity contribution in [3.05, 3.63) is 34.9 Å². The van der Waals surface area contributed by atoms with Crippen molar-refractivity contribution in [2.24, 2.45) is 5.92 Å². The molecule has 1 aliphatic rings. The van der Waals surface area contributed by atoms with E-state index in [2.05, 4.69) is 31.3 Å². The Morgan fingerprint density at radius 2 is 2.00 bits per heavy atom. The van der Waals surface area contributed by atoms with E-state index < -0.39 is 0 Å². The van der Waals surface area contributed by atoms with Gasteiger partial charge in [-0.1, -0.05) is 23.7 Å². The Labute approximate surface area is 114 Å². The molecule has 3 heteroatoms. The van der Waals surface area contributed by atoms with Crippen molar-refractivity contribution >= 4 is 11.6 Å². The third-order valence-electron chi connectivity index (χ3n) is 3.84. The number of aliphatic hydroxyl groups excluding tert-OH is 1. The van der Waals surface area contributed by atoms with E-state index in [1.165, 1.54) is 18.4 Å². The van der Waals surface area contributed by atoms with Gasteiger partial charge in [-0.2, -0.15) is 0 Å². The summed E-state index contributed by atoms with van der Waals surface area (Å²) in [5.74, 6) is 0.634. The van der Waals surface area contributed by atoms with Gasteiger partial charge in [-0.25, -0.2) is 0 Å². The Balaban J connectivity index is 1.91. The molecule has 1 aromatic carbocycles. The topological polar surface area (TPSA) is 32.3 Å². The highest BCUT2D eigenvalue weighted by molar-refractivity contribution is 6.30. The summed E-state index contributed by atoms with van der Waals surface area (Å²) < 4.78 is 0. The van der Waals surface area contributed by atoms with E-state index >= 15 is 0 Å². The summed E-state index contributed by atoms with van der Waals surface area (Å²) in [4.78, 5) is 0. The normalized spacial score (nSPS) is 20.4. The van der Waals surface area contributed by atoms with Crippen LogP contribution < -0.4 is 5.32 Å². The number of nitrogens with one attached hydrogen (secondary N) is 1. The van der Waals surface area contributed by atoms with Gasteiger partial charge in [-0.15, -0.1) is 0 Å². The van der Waals surface area contributed by atoms with E-state index in [1.807, 2.05) is 12.1 Å². The second-order valence-electron chi connectivity index (χ2n) is 5.73. The molecule has 2 unspecified atom stereocenters. The SMILES string of the molecule is CC(Cc1ccc(Cl)cc1)NC(C)(CO)C1CC1. The molecule has 1 aliphatic carbocycles. The molecule has 1 fully saturated rings. The van der Waals surface area contributed by atoms with E-state index in [9.17, 15) is 5.11 Å². The average Bonchev–Trinajstić information content (AvgIpc) is 3.16. The van der Waals surface area contributed by atoms with E-state index in [0.29, 0.717) is 12.0 Å². The molecule has 0 heterocycles. The van der Waals surface area contributed by atoms with Gasteiger partial charge in [0.15, 0.2) is 0 Å². The van der Waals surface area contributed by atoms with Crippen LogP contribution in [0.2, 0.25) is 5.02 Å². The van der Waals surface area contributed by atoms with Crippen molar-refractivity contribution in [3.8, 4) is 0 Å². The van der Waals surface area contributed by atoms with Crippen LogP contribution in [0.1, 0.15) is 32.3 Å². The van der Waals surface area contributed by atoms with Crippen LogP contribution in [0, 0.1) is 5.92 Å². The Hall–Kier alpha value is -0.570. The minimum atomic E-state index is -0.119. The van der Waals surface area contributed by atoms with Crippen molar-refractivity contribution < 1.29 is 5.11 Å².